The van der Waals surface area contributed by atoms with E-state index in [0.29, 0.717) is 0 Å². The molecule has 0 radical (unpaired) electrons. The number of aryl methyl sites for hydroxylation is 5. The Kier molecular flexibility index (Phi) is 36.4. The predicted molar refractivity (Wildman–Crippen MR) is 552 cm³/mol. The van der Waals surface area contributed by atoms with Crippen molar-refractivity contribution in [1.29, 1.82) is 0 Å². The summed E-state index contributed by atoms with van der Waals surface area (Å²) in [6, 6.07) is 88.8. The second-order valence-corrected chi connectivity index (χ2v) is 34.7. The minimum atomic E-state index is -0.560. The Morgan fingerprint density at radius 1 is 0.245 bits per heavy atom. The van der Waals surface area contributed by atoms with E-state index in [1.807, 2.05) is 49.4 Å². The maximum atomic E-state index is 11.1. The molecule has 0 saturated heterocycles. The van der Waals surface area contributed by atoms with Gasteiger partial charge < -0.3 is 63.2 Å². The van der Waals surface area contributed by atoms with E-state index in [2.05, 4.69) is 298 Å². The van der Waals surface area contributed by atoms with Gasteiger partial charge in [-0.25, -0.2) is 28.8 Å². The highest BCUT2D eigenvalue weighted by molar-refractivity contribution is 5.90. The van der Waals surface area contributed by atoms with Crippen molar-refractivity contribution in [2.75, 3.05) is 75.8 Å². The number of ether oxygens (including phenoxy) is 1. The first-order valence-corrected chi connectivity index (χ1v) is 46.2. The van der Waals surface area contributed by atoms with Crippen molar-refractivity contribution in [3.63, 3.8) is 0 Å². The lowest BCUT2D eigenvalue weighted by atomic mass is 10.1. The fourth-order valence-electron chi connectivity index (χ4n) is 17.4. The first kappa shape index (κ1) is 101. The second kappa shape index (κ2) is 50.2. The van der Waals surface area contributed by atoms with Crippen LogP contribution in [0.1, 0.15) is 128 Å². The van der Waals surface area contributed by atoms with Crippen LogP contribution in [0.5, 0.6) is 5.75 Å². The number of hydrogen-bond acceptors (Lipinski definition) is 25. The number of benzene rings is 12. The molecule has 6 aliphatic rings. The van der Waals surface area contributed by atoms with Crippen LogP contribution in [0.4, 0.5) is 34.1 Å². The normalized spacial score (nSPS) is 13.4. The largest absolute Gasteiger partial charge is 0.496 e. The number of carbonyl (C=O) groups excluding carboxylic acids is 6. The van der Waals surface area contributed by atoms with Crippen molar-refractivity contribution in [3.8, 4) is 5.75 Å². The van der Waals surface area contributed by atoms with E-state index < -0.39 is 35.8 Å². The molecule has 0 atom stereocenters. The summed E-state index contributed by atoms with van der Waals surface area (Å²) in [5.41, 5.74) is 35.3. The zero-order valence-electron chi connectivity index (χ0n) is 79.4. The molecule has 0 aliphatic carbocycles. The van der Waals surface area contributed by atoms with E-state index in [1.54, 1.807) is 43.6 Å². The molecule has 0 amide bonds. The highest BCUT2D eigenvalue weighted by atomic mass is 16.7. The number of anilines is 6. The average molecular weight is 1870 g/mol. The van der Waals surface area contributed by atoms with E-state index in [9.17, 15) is 28.8 Å². The summed E-state index contributed by atoms with van der Waals surface area (Å²) in [5, 5.41) is 0. The quantitative estimate of drug-likeness (QED) is 0.0229. The van der Waals surface area contributed by atoms with Gasteiger partial charge in [-0.3, -0.25) is 0 Å². The Morgan fingerprint density at radius 3 is 0.640 bits per heavy atom. The standard InChI is InChI=1S/C20H22N2O3.4C19H20N2O2.C18H18N2O2/c1-14-3-4-16(12-19(14)24-2)13-22-10-9-17-11-15(5-7-18(17)22)6-8-20(23)25-21;4*1-14-2-4-16(5-3-14)13-21-11-10-17-12-15(6-8-18(17)21)7-9-19(22)23-20;19-22-18(21)9-7-14-6-8-17-16(12-14)10-11-20(17)13-15-4-2-1-3-5-15/h3-8,11-12H,9-10,13,21H2,1-2H3;4*2-9,12H,10-11,13,20H2,1H3;1-9,12H,10-11,13,19H2/b8-6+;5*9-7+. The third kappa shape index (κ3) is 29.4. The summed E-state index contributed by atoms with van der Waals surface area (Å²) in [7, 11) is 1.70. The molecule has 12 N–H and O–H groups in total. The molecule has 25 nitrogen and oxygen atoms in total. The van der Waals surface area contributed by atoms with Crippen molar-refractivity contribution < 1.29 is 62.5 Å². The first-order valence-electron chi connectivity index (χ1n) is 46.2. The molecule has 25 heteroatoms. The highest BCUT2D eigenvalue weighted by Crippen LogP contribution is 2.38. The molecule has 0 unspecified atom stereocenters. The second-order valence-electron chi connectivity index (χ2n) is 34.7. The molecular weight excluding hydrogens is 1750 g/mol. The minimum Gasteiger partial charge on any atom is -0.496 e. The van der Waals surface area contributed by atoms with Gasteiger partial charge in [0.15, 0.2) is 0 Å². The molecule has 0 fully saturated rings. The van der Waals surface area contributed by atoms with Gasteiger partial charge in [0.25, 0.3) is 0 Å². The summed E-state index contributed by atoms with van der Waals surface area (Å²) in [5.74, 6) is 26.5. The van der Waals surface area contributed by atoms with Crippen LogP contribution in [0.25, 0.3) is 36.5 Å². The van der Waals surface area contributed by atoms with Gasteiger partial charge in [0, 0.05) is 149 Å². The van der Waals surface area contributed by atoms with Gasteiger partial charge in [0.05, 0.1) is 7.11 Å². The lowest BCUT2D eigenvalue weighted by Gasteiger charge is -2.20. The Labute approximate surface area is 812 Å². The number of methoxy groups -OCH3 is 1. The molecule has 0 spiro atoms. The molecule has 12 aromatic rings. The number of fused-ring (bicyclic) bond motifs is 6. The van der Waals surface area contributed by atoms with Crippen LogP contribution in [0.2, 0.25) is 0 Å². The molecule has 0 aromatic heterocycles. The van der Waals surface area contributed by atoms with Gasteiger partial charge in [-0.15, -0.1) is 0 Å². The lowest BCUT2D eigenvalue weighted by molar-refractivity contribution is -0.139. The molecule has 714 valence electrons. The molecule has 12 aromatic carbocycles. The molecule has 0 bridgehead atoms. The van der Waals surface area contributed by atoms with Crippen LogP contribution in [-0.2, 0) is 136 Å². The van der Waals surface area contributed by atoms with Crippen LogP contribution in [0.3, 0.4) is 0 Å². The zero-order valence-corrected chi connectivity index (χ0v) is 79.4. The van der Waals surface area contributed by atoms with E-state index >= 15 is 0 Å². The van der Waals surface area contributed by atoms with Crippen molar-refractivity contribution in [1.82, 2.24) is 0 Å². The Bertz CT molecular complexity index is 5940. The minimum absolute atomic E-state index is 0.550. The Balaban J connectivity index is 0.000000141. The number of hydrogen-bond donors (Lipinski definition) is 6. The molecule has 139 heavy (non-hydrogen) atoms. The van der Waals surface area contributed by atoms with E-state index in [4.69, 9.17) is 40.1 Å². The molecule has 6 heterocycles. The van der Waals surface area contributed by atoms with E-state index in [0.717, 1.165) is 162 Å². The van der Waals surface area contributed by atoms with E-state index in [1.165, 1.54) is 160 Å². The third-order valence-electron chi connectivity index (χ3n) is 24.8. The van der Waals surface area contributed by atoms with Crippen molar-refractivity contribution in [3.05, 3.63) is 419 Å². The summed E-state index contributed by atoms with van der Waals surface area (Å²) in [6.45, 7) is 21.9. The summed E-state index contributed by atoms with van der Waals surface area (Å²) in [6.07, 6.45) is 24.4. The maximum absolute atomic E-state index is 11.1. The first-order chi connectivity index (χ1) is 67.5. The highest BCUT2D eigenvalue weighted by Gasteiger charge is 2.26. The summed E-state index contributed by atoms with van der Waals surface area (Å²) >= 11 is 0. The topological polar surface area (TPSA) is 343 Å². The SMILES string of the molecule is COc1cc(CN2CCc3cc(/C=C/C(=O)ON)ccc32)ccc1C.Cc1ccc(CN2CCc3cc(/C=C/C(=O)ON)ccc32)cc1.Cc1ccc(CN2CCc3cc(/C=C/C(=O)ON)ccc32)cc1.Cc1ccc(CN2CCc3cc(/C=C/C(=O)ON)ccc32)cc1.Cc1ccc(CN2CCc3cc(/C=C/C(=O)ON)ccc32)cc1.NOC(=O)/C=C/c1ccc2c(c1)CCN2Cc1ccccc1. The van der Waals surface area contributed by atoms with Gasteiger partial charge in [0.2, 0.25) is 0 Å². The van der Waals surface area contributed by atoms with Crippen LogP contribution in [0, 0.1) is 34.6 Å². The number of nitrogens with zero attached hydrogens (tertiary/aromatic N) is 6. The van der Waals surface area contributed by atoms with Gasteiger partial charge in [0.1, 0.15) is 5.75 Å². The predicted octanol–water partition coefficient (Wildman–Crippen LogP) is 17.6. The van der Waals surface area contributed by atoms with Crippen molar-refractivity contribution in [2.24, 2.45) is 35.4 Å². The van der Waals surface area contributed by atoms with Gasteiger partial charge in [-0.1, -0.05) is 198 Å². The van der Waals surface area contributed by atoms with Gasteiger partial charge in [-0.2, -0.15) is 35.4 Å². The molecular formula is C114H120N12O13. The number of carbonyl (C=O) groups is 6. The Morgan fingerprint density at radius 2 is 0.439 bits per heavy atom. The van der Waals surface area contributed by atoms with Gasteiger partial charge >= 0.3 is 35.8 Å². The Hall–Kier alpha value is -15.7. The fraction of sp³-hybridized carbons (Fsp3) is 0.211. The summed E-state index contributed by atoms with van der Waals surface area (Å²) in [4.78, 5) is 105. The van der Waals surface area contributed by atoms with Crippen LogP contribution in [-0.4, -0.2) is 82.2 Å². The van der Waals surface area contributed by atoms with Crippen LogP contribution >= 0.6 is 0 Å². The van der Waals surface area contributed by atoms with Crippen LogP contribution in [0.15, 0.2) is 291 Å². The third-order valence-corrected chi connectivity index (χ3v) is 24.8. The van der Waals surface area contributed by atoms with Gasteiger partial charge in [-0.05, 0) is 294 Å². The average Bonchev–Trinajstić information content (AvgIpc) is 1.68. The van der Waals surface area contributed by atoms with E-state index in [-0.39, 0.29) is 0 Å². The number of nitrogens with two attached hydrogens (primary N) is 6. The van der Waals surface area contributed by atoms with Crippen molar-refractivity contribution >= 4 is 106 Å². The lowest BCUT2D eigenvalue weighted by Crippen LogP contribution is -2.19. The van der Waals surface area contributed by atoms with Crippen LogP contribution < -0.4 is 69.5 Å². The maximum Gasteiger partial charge on any atom is 0.349 e. The zero-order chi connectivity index (χ0) is 98.1. The summed E-state index contributed by atoms with van der Waals surface area (Å²) < 4.78 is 5.42. The fourth-order valence-corrected chi connectivity index (χ4v) is 17.4. The van der Waals surface area contributed by atoms with Crippen molar-refractivity contribution in [2.45, 2.75) is 112 Å². The molecule has 0 saturated carbocycles. The molecule has 6 aliphatic heterocycles. The monoisotopic (exact) mass is 1860 g/mol. The number of rotatable bonds is 25. The smallest absolute Gasteiger partial charge is 0.349 e. The molecule has 18 rings (SSSR count).